The van der Waals surface area contributed by atoms with E-state index < -0.39 is 15.8 Å². The standard InChI is InChI=1S/C17H23NO5S/c1-24(22,23)15-10-13(17(20)21)9-14(11-15)18-16(19)8-7-12-5-3-2-4-6-12/h9-12H,2-8H2,1H3,(H,18,19)(H,20,21). The molecule has 7 heteroatoms. The van der Waals surface area contributed by atoms with Crippen LogP contribution in [0.5, 0.6) is 0 Å². The number of hydrogen-bond acceptors (Lipinski definition) is 4. The molecular weight excluding hydrogens is 330 g/mol. The Balaban J connectivity index is 2.06. The molecule has 0 heterocycles. The summed E-state index contributed by atoms with van der Waals surface area (Å²) in [5, 5.41) is 11.7. The van der Waals surface area contributed by atoms with Crippen molar-refractivity contribution in [2.45, 2.75) is 49.8 Å². The summed E-state index contributed by atoms with van der Waals surface area (Å²) in [4.78, 5) is 23.1. The lowest BCUT2D eigenvalue weighted by Crippen LogP contribution is -2.15. The minimum Gasteiger partial charge on any atom is -0.478 e. The molecule has 0 bridgehead atoms. The average molecular weight is 353 g/mol. The second-order valence-electron chi connectivity index (χ2n) is 6.41. The van der Waals surface area contributed by atoms with Crippen LogP contribution in [0.1, 0.15) is 55.3 Å². The smallest absolute Gasteiger partial charge is 0.335 e. The summed E-state index contributed by atoms with van der Waals surface area (Å²) in [6.07, 6.45) is 8.16. The van der Waals surface area contributed by atoms with Gasteiger partial charge in [-0.2, -0.15) is 0 Å². The summed E-state index contributed by atoms with van der Waals surface area (Å²) < 4.78 is 23.3. The van der Waals surface area contributed by atoms with E-state index in [1.54, 1.807) is 0 Å². The number of anilines is 1. The fourth-order valence-corrected chi connectivity index (χ4v) is 3.73. The van der Waals surface area contributed by atoms with Gasteiger partial charge in [0.05, 0.1) is 10.5 Å². The first-order valence-electron chi connectivity index (χ1n) is 8.14. The Labute approximate surface area is 142 Å². The number of carboxylic acids is 1. The first kappa shape index (κ1) is 18.4. The topological polar surface area (TPSA) is 101 Å². The summed E-state index contributed by atoms with van der Waals surface area (Å²) in [7, 11) is -3.56. The van der Waals surface area contributed by atoms with Crippen LogP contribution in [0.15, 0.2) is 23.1 Å². The van der Waals surface area contributed by atoms with Crippen molar-refractivity contribution in [3.63, 3.8) is 0 Å². The van der Waals surface area contributed by atoms with Gasteiger partial charge in [0.1, 0.15) is 0 Å². The van der Waals surface area contributed by atoms with E-state index in [0.717, 1.165) is 31.6 Å². The van der Waals surface area contributed by atoms with Crippen LogP contribution in [0.4, 0.5) is 5.69 Å². The maximum atomic E-state index is 12.1. The monoisotopic (exact) mass is 353 g/mol. The van der Waals surface area contributed by atoms with Crippen molar-refractivity contribution in [2.75, 3.05) is 11.6 Å². The number of amides is 1. The number of rotatable bonds is 6. The van der Waals surface area contributed by atoms with Crippen molar-refractivity contribution >= 4 is 27.4 Å². The van der Waals surface area contributed by atoms with E-state index in [9.17, 15) is 18.0 Å². The zero-order valence-corrected chi connectivity index (χ0v) is 14.6. The molecule has 0 spiro atoms. The van der Waals surface area contributed by atoms with Gasteiger partial charge in [-0.3, -0.25) is 4.79 Å². The Morgan fingerprint density at radius 3 is 2.42 bits per heavy atom. The van der Waals surface area contributed by atoms with Gasteiger partial charge in [-0.25, -0.2) is 13.2 Å². The zero-order valence-electron chi connectivity index (χ0n) is 13.7. The Bertz CT molecular complexity index is 720. The molecule has 0 aliphatic heterocycles. The normalized spacial score (nSPS) is 15.9. The molecule has 2 N–H and O–H groups in total. The summed E-state index contributed by atoms with van der Waals surface area (Å²) in [5.74, 6) is -0.887. The minimum absolute atomic E-state index is 0.120. The molecule has 1 fully saturated rings. The van der Waals surface area contributed by atoms with Gasteiger partial charge in [0.25, 0.3) is 0 Å². The van der Waals surface area contributed by atoms with E-state index >= 15 is 0 Å². The molecule has 0 atom stereocenters. The largest absolute Gasteiger partial charge is 0.478 e. The van der Waals surface area contributed by atoms with Crippen molar-refractivity contribution < 1.29 is 23.1 Å². The molecule has 0 aromatic heterocycles. The lowest BCUT2D eigenvalue weighted by Gasteiger charge is -2.21. The predicted molar refractivity (Wildman–Crippen MR) is 90.9 cm³/mol. The summed E-state index contributed by atoms with van der Waals surface area (Å²) in [5.41, 5.74) is 0.0319. The molecule has 6 nitrogen and oxygen atoms in total. The molecule has 1 aromatic rings. The van der Waals surface area contributed by atoms with Crippen LogP contribution in [-0.4, -0.2) is 31.7 Å². The summed E-state index contributed by atoms with van der Waals surface area (Å²) in [6.45, 7) is 0. The van der Waals surface area contributed by atoms with E-state index in [2.05, 4.69) is 5.32 Å². The van der Waals surface area contributed by atoms with E-state index in [0.29, 0.717) is 12.3 Å². The van der Waals surface area contributed by atoms with Gasteiger partial charge >= 0.3 is 5.97 Å². The number of nitrogens with one attached hydrogen (secondary N) is 1. The molecule has 1 aliphatic carbocycles. The van der Waals surface area contributed by atoms with Gasteiger partial charge < -0.3 is 10.4 Å². The number of aromatic carboxylic acids is 1. The number of sulfone groups is 1. The second-order valence-corrected chi connectivity index (χ2v) is 8.43. The van der Waals surface area contributed by atoms with E-state index in [1.165, 1.54) is 31.4 Å². The summed E-state index contributed by atoms with van der Waals surface area (Å²) >= 11 is 0. The molecule has 1 amide bonds. The third-order valence-corrected chi connectivity index (χ3v) is 5.46. The van der Waals surface area contributed by atoms with Crippen LogP contribution in [0.25, 0.3) is 0 Å². The van der Waals surface area contributed by atoms with Gasteiger partial charge in [0.2, 0.25) is 5.91 Å². The molecule has 0 radical (unpaired) electrons. The van der Waals surface area contributed by atoms with Crippen LogP contribution in [0.3, 0.4) is 0 Å². The third-order valence-electron chi connectivity index (χ3n) is 4.37. The molecule has 24 heavy (non-hydrogen) atoms. The molecule has 1 aliphatic rings. The van der Waals surface area contributed by atoms with Crippen LogP contribution in [0.2, 0.25) is 0 Å². The second kappa shape index (κ2) is 7.79. The first-order chi connectivity index (χ1) is 11.3. The van der Waals surface area contributed by atoms with Crippen LogP contribution in [0, 0.1) is 5.92 Å². The van der Waals surface area contributed by atoms with Crippen molar-refractivity contribution in [1.29, 1.82) is 0 Å². The highest BCUT2D eigenvalue weighted by Gasteiger charge is 2.17. The molecule has 0 unspecified atom stereocenters. The SMILES string of the molecule is CS(=O)(=O)c1cc(NC(=O)CCC2CCCCC2)cc(C(=O)O)c1. The van der Waals surface area contributed by atoms with Crippen molar-refractivity contribution in [3.05, 3.63) is 23.8 Å². The fourth-order valence-electron chi connectivity index (χ4n) is 3.04. The van der Waals surface area contributed by atoms with Crippen molar-refractivity contribution in [1.82, 2.24) is 0 Å². The predicted octanol–water partition coefficient (Wildman–Crippen LogP) is 3.09. The highest BCUT2D eigenvalue weighted by Crippen LogP contribution is 2.27. The van der Waals surface area contributed by atoms with E-state index in [1.807, 2.05) is 0 Å². The van der Waals surface area contributed by atoms with Crippen molar-refractivity contribution in [2.24, 2.45) is 5.92 Å². The molecule has 1 aromatic carbocycles. The first-order valence-corrected chi connectivity index (χ1v) is 10.0. The number of carbonyl (C=O) groups is 2. The molecule has 0 saturated heterocycles. The average Bonchev–Trinajstić information content (AvgIpc) is 2.53. The maximum Gasteiger partial charge on any atom is 0.335 e. The zero-order chi connectivity index (χ0) is 17.7. The maximum absolute atomic E-state index is 12.1. The quantitative estimate of drug-likeness (QED) is 0.818. The Morgan fingerprint density at radius 1 is 1.17 bits per heavy atom. The molecule has 132 valence electrons. The van der Waals surface area contributed by atoms with Gasteiger partial charge in [0, 0.05) is 18.4 Å². The van der Waals surface area contributed by atoms with Crippen molar-refractivity contribution in [3.8, 4) is 0 Å². The molecule has 2 rings (SSSR count). The van der Waals surface area contributed by atoms with E-state index in [4.69, 9.17) is 5.11 Å². The Hall–Kier alpha value is -1.89. The van der Waals surface area contributed by atoms with Gasteiger partial charge in [-0.1, -0.05) is 32.1 Å². The number of carboxylic acid groups (broad SMARTS) is 1. The number of benzene rings is 1. The van der Waals surface area contributed by atoms with Gasteiger partial charge in [-0.15, -0.1) is 0 Å². The Morgan fingerprint density at radius 2 is 1.83 bits per heavy atom. The highest BCUT2D eigenvalue weighted by atomic mass is 32.2. The minimum atomic E-state index is -3.56. The van der Waals surface area contributed by atoms with Crippen LogP contribution in [-0.2, 0) is 14.6 Å². The number of carbonyl (C=O) groups excluding carboxylic acids is 1. The highest BCUT2D eigenvalue weighted by molar-refractivity contribution is 7.90. The summed E-state index contributed by atoms with van der Waals surface area (Å²) in [6, 6.07) is 3.66. The lowest BCUT2D eigenvalue weighted by atomic mass is 9.86. The van der Waals surface area contributed by atoms with E-state index in [-0.39, 0.29) is 22.1 Å². The van der Waals surface area contributed by atoms with Gasteiger partial charge in [0.15, 0.2) is 9.84 Å². The molecular formula is C17H23NO5S. The van der Waals surface area contributed by atoms with Crippen LogP contribution < -0.4 is 5.32 Å². The molecule has 1 saturated carbocycles. The number of hydrogen-bond donors (Lipinski definition) is 2. The van der Waals surface area contributed by atoms with Crippen LogP contribution >= 0.6 is 0 Å². The fraction of sp³-hybridized carbons (Fsp3) is 0.529. The van der Waals surface area contributed by atoms with Gasteiger partial charge in [-0.05, 0) is 30.5 Å². The third kappa shape index (κ3) is 5.33. The Kier molecular flexibility index (Phi) is 5.99. The lowest BCUT2D eigenvalue weighted by molar-refractivity contribution is -0.116.